The molecular formula is C18H15NO3S. The van der Waals surface area contributed by atoms with Gasteiger partial charge in [0.05, 0.1) is 0 Å². The van der Waals surface area contributed by atoms with Crippen LogP contribution >= 0.6 is 11.3 Å². The van der Waals surface area contributed by atoms with E-state index in [9.17, 15) is 9.59 Å². The monoisotopic (exact) mass is 325 g/mol. The maximum absolute atomic E-state index is 12.6. The average molecular weight is 325 g/mol. The van der Waals surface area contributed by atoms with Crippen LogP contribution in [0.1, 0.15) is 30.6 Å². The summed E-state index contributed by atoms with van der Waals surface area (Å²) in [5, 5.41) is 5.86. The first-order valence-electron chi connectivity index (χ1n) is 7.30. The highest BCUT2D eigenvalue weighted by atomic mass is 32.1. The van der Waals surface area contributed by atoms with E-state index in [-0.39, 0.29) is 11.5 Å². The second-order valence-electron chi connectivity index (χ2n) is 5.11. The quantitative estimate of drug-likeness (QED) is 0.306. The number of fused-ring (bicyclic) bond motifs is 3. The smallest absolute Gasteiger partial charge is 0.318 e. The van der Waals surface area contributed by atoms with Crippen molar-refractivity contribution in [2.24, 2.45) is 5.16 Å². The Hall–Kier alpha value is -2.53. The van der Waals surface area contributed by atoms with Crippen LogP contribution in [0, 0.1) is 0 Å². The van der Waals surface area contributed by atoms with Gasteiger partial charge in [-0.05, 0) is 30.7 Å². The van der Waals surface area contributed by atoms with E-state index in [0.717, 1.165) is 15.5 Å². The summed E-state index contributed by atoms with van der Waals surface area (Å²) in [6.45, 7) is 3.06. The van der Waals surface area contributed by atoms with Crippen LogP contribution in [0.25, 0.3) is 20.2 Å². The number of Topliss-reactive ketones (excluding diaryl/α,β-unsaturated/α-hetero) is 1. The predicted molar refractivity (Wildman–Crippen MR) is 93.2 cm³/mol. The van der Waals surface area contributed by atoms with E-state index in [4.69, 9.17) is 0 Å². The molecule has 5 heteroatoms. The molecule has 116 valence electrons. The van der Waals surface area contributed by atoms with Gasteiger partial charge in [0, 0.05) is 32.7 Å². The molecule has 0 aliphatic rings. The third-order valence-electron chi connectivity index (χ3n) is 3.52. The normalized spacial score (nSPS) is 11.8. The summed E-state index contributed by atoms with van der Waals surface area (Å²) in [6.07, 6.45) is 0.397. The molecule has 0 saturated heterocycles. The summed E-state index contributed by atoms with van der Waals surface area (Å²) in [7, 11) is 0. The number of thiophene rings is 1. The first-order valence-corrected chi connectivity index (χ1v) is 8.12. The summed E-state index contributed by atoms with van der Waals surface area (Å²) in [4.78, 5) is 28.1. The van der Waals surface area contributed by atoms with Gasteiger partial charge in [-0.25, -0.2) is 4.79 Å². The highest BCUT2D eigenvalue weighted by Gasteiger charge is 2.15. The summed E-state index contributed by atoms with van der Waals surface area (Å²) in [6, 6.07) is 13.7. The second-order valence-corrected chi connectivity index (χ2v) is 6.20. The average Bonchev–Trinajstić information content (AvgIpc) is 2.92. The topological polar surface area (TPSA) is 55.7 Å². The molecule has 3 rings (SSSR count). The molecule has 0 amide bonds. The number of oxime groups is 1. The number of benzene rings is 2. The van der Waals surface area contributed by atoms with Crippen molar-refractivity contribution in [3.05, 3.63) is 48.0 Å². The summed E-state index contributed by atoms with van der Waals surface area (Å²) < 4.78 is 2.33. The number of carbonyl (C=O) groups excluding carboxylic acids is 2. The predicted octanol–water partition coefficient (Wildman–Crippen LogP) is 4.57. The molecular weight excluding hydrogens is 310 g/mol. The third-order valence-corrected chi connectivity index (χ3v) is 4.67. The van der Waals surface area contributed by atoms with Gasteiger partial charge >= 0.3 is 5.97 Å². The number of nitrogens with zero attached hydrogens (tertiary/aromatic N) is 1. The Bertz CT molecular complexity index is 940. The van der Waals surface area contributed by atoms with Gasteiger partial charge in [-0.3, -0.25) is 4.79 Å². The SMILES string of the molecule is CCC(=NOC(C)=O)C(=O)c1ccc2sc3ccccc3c2c1. The van der Waals surface area contributed by atoms with Crippen LogP contribution in [-0.4, -0.2) is 17.5 Å². The van der Waals surface area contributed by atoms with Gasteiger partial charge in [-0.15, -0.1) is 11.3 Å². The van der Waals surface area contributed by atoms with Crippen LogP contribution in [0.4, 0.5) is 0 Å². The van der Waals surface area contributed by atoms with Gasteiger partial charge in [-0.2, -0.15) is 0 Å². The maximum atomic E-state index is 12.6. The molecule has 0 bridgehead atoms. The van der Waals surface area contributed by atoms with E-state index >= 15 is 0 Å². The van der Waals surface area contributed by atoms with Gasteiger partial charge in [0.25, 0.3) is 0 Å². The van der Waals surface area contributed by atoms with E-state index in [1.54, 1.807) is 24.3 Å². The minimum absolute atomic E-state index is 0.217. The van der Waals surface area contributed by atoms with Crippen molar-refractivity contribution in [2.45, 2.75) is 20.3 Å². The van der Waals surface area contributed by atoms with E-state index in [0.29, 0.717) is 12.0 Å². The van der Waals surface area contributed by atoms with Crippen LogP contribution in [0.2, 0.25) is 0 Å². The Morgan fingerprint density at radius 2 is 1.83 bits per heavy atom. The molecule has 0 radical (unpaired) electrons. The Morgan fingerprint density at radius 1 is 1.09 bits per heavy atom. The van der Waals surface area contributed by atoms with Crippen LogP contribution < -0.4 is 0 Å². The molecule has 0 saturated carbocycles. The van der Waals surface area contributed by atoms with Crippen molar-refractivity contribution in [3.8, 4) is 0 Å². The van der Waals surface area contributed by atoms with Gasteiger partial charge in [-0.1, -0.05) is 30.3 Å². The number of hydrogen-bond donors (Lipinski definition) is 0. The first-order chi connectivity index (χ1) is 11.1. The molecule has 0 aliphatic heterocycles. The van der Waals surface area contributed by atoms with E-state index < -0.39 is 5.97 Å². The van der Waals surface area contributed by atoms with Gasteiger partial charge in [0.15, 0.2) is 0 Å². The summed E-state index contributed by atoms with van der Waals surface area (Å²) in [5.41, 5.74) is 0.785. The van der Waals surface area contributed by atoms with Crippen molar-refractivity contribution in [3.63, 3.8) is 0 Å². The molecule has 0 spiro atoms. The van der Waals surface area contributed by atoms with Gasteiger partial charge in [0.2, 0.25) is 5.78 Å². The zero-order valence-corrected chi connectivity index (χ0v) is 13.6. The second kappa shape index (κ2) is 6.30. The molecule has 0 aliphatic carbocycles. The molecule has 1 aromatic heterocycles. The van der Waals surface area contributed by atoms with E-state index in [1.165, 1.54) is 11.6 Å². The third kappa shape index (κ3) is 3.00. The minimum Gasteiger partial charge on any atom is -0.318 e. The first kappa shape index (κ1) is 15.4. The molecule has 3 aromatic rings. The van der Waals surface area contributed by atoms with Crippen molar-refractivity contribution in [2.75, 3.05) is 0 Å². The Balaban J connectivity index is 2.05. The van der Waals surface area contributed by atoms with Crippen LogP contribution in [0.5, 0.6) is 0 Å². The fourth-order valence-corrected chi connectivity index (χ4v) is 3.51. The number of hydrogen-bond acceptors (Lipinski definition) is 5. The van der Waals surface area contributed by atoms with Crippen LogP contribution in [-0.2, 0) is 9.63 Å². The Morgan fingerprint density at radius 3 is 2.57 bits per heavy atom. The fraction of sp³-hybridized carbons (Fsp3) is 0.167. The lowest BCUT2D eigenvalue weighted by atomic mass is 10.0. The standard InChI is InChI=1S/C18H15NO3S/c1-3-15(19-22-11(2)20)18(21)12-8-9-17-14(10-12)13-6-4-5-7-16(13)23-17/h4-10H,3H2,1-2H3. The molecule has 0 N–H and O–H groups in total. The Labute approximate surface area is 137 Å². The zero-order valence-electron chi connectivity index (χ0n) is 12.8. The van der Waals surface area contributed by atoms with Crippen LogP contribution in [0.3, 0.4) is 0 Å². The fourth-order valence-electron chi connectivity index (χ4n) is 2.42. The molecule has 4 nitrogen and oxygen atoms in total. The molecule has 2 aromatic carbocycles. The van der Waals surface area contributed by atoms with E-state index in [1.807, 2.05) is 24.3 Å². The highest BCUT2D eigenvalue weighted by Crippen LogP contribution is 2.34. The molecule has 1 heterocycles. The highest BCUT2D eigenvalue weighted by molar-refractivity contribution is 7.25. The lowest BCUT2D eigenvalue weighted by Gasteiger charge is -2.03. The number of carbonyl (C=O) groups is 2. The summed E-state index contributed by atoms with van der Waals surface area (Å²) >= 11 is 1.70. The molecule has 0 atom stereocenters. The molecule has 23 heavy (non-hydrogen) atoms. The lowest BCUT2D eigenvalue weighted by Crippen LogP contribution is -2.14. The van der Waals surface area contributed by atoms with Crippen molar-refractivity contribution in [1.82, 2.24) is 0 Å². The van der Waals surface area contributed by atoms with Crippen molar-refractivity contribution in [1.29, 1.82) is 0 Å². The van der Waals surface area contributed by atoms with E-state index in [2.05, 4.69) is 22.1 Å². The molecule has 0 fully saturated rings. The minimum atomic E-state index is -0.539. The van der Waals surface area contributed by atoms with Gasteiger partial charge in [0.1, 0.15) is 5.71 Å². The maximum Gasteiger partial charge on any atom is 0.331 e. The summed E-state index contributed by atoms with van der Waals surface area (Å²) in [5.74, 6) is -0.756. The largest absolute Gasteiger partial charge is 0.331 e. The van der Waals surface area contributed by atoms with Crippen molar-refractivity contribution < 1.29 is 14.4 Å². The van der Waals surface area contributed by atoms with Crippen molar-refractivity contribution >= 4 is 49.0 Å². The number of rotatable bonds is 4. The van der Waals surface area contributed by atoms with Gasteiger partial charge < -0.3 is 4.84 Å². The lowest BCUT2D eigenvalue weighted by molar-refractivity contribution is -0.140. The zero-order chi connectivity index (χ0) is 16.4. The van der Waals surface area contributed by atoms with Crippen LogP contribution in [0.15, 0.2) is 47.6 Å². The number of ketones is 1. The Kier molecular flexibility index (Phi) is 4.21. The molecule has 0 unspecified atom stereocenters.